The zero-order valence-electron chi connectivity index (χ0n) is 7.75. The third-order valence-electron chi connectivity index (χ3n) is 2.18. The maximum Gasteiger partial charge on any atom is 0.489 e. The van der Waals surface area contributed by atoms with Crippen LogP contribution in [0.25, 0.3) is 10.9 Å². The van der Waals surface area contributed by atoms with E-state index in [2.05, 4.69) is 4.98 Å². The van der Waals surface area contributed by atoms with Crippen LogP contribution in [0.2, 0.25) is 0 Å². The van der Waals surface area contributed by atoms with E-state index in [0.29, 0.717) is 21.9 Å². The van der Waals surface area contributed by atoms with Crippen LogP contribution in [0.3, 0.4) is 0 Å². The van der Waals surface area contributed by atoms with Gasteiger partial charge in [-0.25, -0.2) is 0 Å². The molecule has 0 unspecified atom stereocenters. The van der Waals surface area contributed by atoms with Crippen molar-refractivity contribution >= 4 is 23.5 Å². The summed E-state index contributed by atoms with van der Waals surface area (Å²) in [6.45, 7) is 0. The first kappa shape index (κ1) is 9.65. The van der Waals surface area contributed by atoms with E-state index in [0.717, 1.165) is 0 Å². The number of fused-ring (bicyclic) bond motifs is 1. The zero-order chi connectivity index (χ0) is 10.8. The van der Waals surface area contributed by atoms with Crippen molar-refractivity contribution in [2.45, 2.75) is 0 Å². The Hall–Kier alpha value is -1.90. The van der Waals surface area contributed by atoms with Crippen LogP contribution in [0.1, 0.15) is 5.56 Å². The van der Waals surface area contributed by atoms with Crippen molar-refractivity contribution in [2.24, 2.45) is 0 Å². The summed E-state index contributed by atoms with van der Waals surface area (Å²) < 4.78 is 0. The van der Waals surface area contributed by atoms with Crippen LogP contribution in [0.15, 0.2) is 30.5 Å². The normalized spacial score (nSPS) is 9.93. The fourth-order valence-electron chi connectivity index (χ4n) is 1.46. The van der Waals surface area contributed by atoms with E-state index in [1.54, 1.807) is 18.2 Å². The highest BCUT2D eigenvalue weighted by molar-refractivity contribution is 6.61. The first-order chi connectivity index (χ1) is 7.22. The van der Waals surface area contributed by atoms with E-state index in [1.807, 2.05) is 6.07 Å². The second-order valence-corrected chi connectivity index (χ2v) is 3.12. The molecule has 1 aromatic carbocycles. The van der Waals surface area contributed by atoms with E-state index in [9.17, 15) is 0 Å². The van der Waals surface area contributed by atoms with E-state index in [-0.39, 0.29) is 0 Å². The van der Waals surface area contributed by atoms with Crippen LogP contribution < -0.4 is 5.46 Å². The van der Waals surface area contributed by atoms with Gasteiger partial charge in [-0.05, 0) is 29.7 Å². The highest BCUT2D eigenvalue weighted by atomic mass is 16.4. The molecule has 0 fully saturated rings. The second-order valence-electron chi connectivity index (χ2n) is 3.12. The standard InChI is InChI=1S/C10H7BN2O2/c12-6-7-1-2-10-8(5-7)9(11(14)15)3-4-13-10/h1-5,14-15H. The number of nitriles is 1. The van der Waals surface area contributed by atoms with Gasteiger partial charge in [-0.3, -0.25) is 4.98 Å². The summed E-state index contributed by atoms with van der Waals surface area (Å²) in [5.41, 5.74) is 1.47. The Morgan fingerprint density at radius 1 is 1.27 bits per heavy atom. The topological polar surface area (TPSA) is 77.1 Å². The second kappa shape index (κ2) is 3.69. The molecule has 0 atom stereocenters. The minimum Gasteiger partial charge on any atom is -0.423 e. The van der Waals surface area contributed by atoms with Gasteiger partial charge in [0.1, 0.15) is 0 Å². The van der Waals surface area contributed by atoms with Gasteiger partial charge in [0.05, 0.1) is 17.1 Å². The molecule has 1 aromatic heterocycles. The van der Waals surface area contributed by atoms with Crippen LogP contribution >= 0.6 is 0 Å². The Morgan fingerprint density at radius 3 is 2.73 bits per heavy atom. The summed E-state index contributed by atoms with van der Waals surface area (Å²) >= 11 is 0. The minimum atomic E-state index is -1.55. The highest BCUT2D eigenvalue weighted by Crippen LogP contribution is 2.11. The van der Waals surface area contributed by atoms with Crippen LogP contribution in [0.5, 0.6) is 0 Å². The Kier molecular flexibility index (Phi) is 2.38. The number of nitrogens with zero attached hydrogens (tertiary/aromatic N) is 2. The third-order valence-corrected chi connectivity index (χ3v) is 2.18. The number of hydrogen-bond donors (Lipinski definition) is 2. The van der Waals surface area contributed by atoms with Crippen molar-refractivity contribution in [2.75, 3.05) is 0 Å². The lowest BCUT2D eigenvalue weighted by atomic mass is 9.78. The molecule has 4 nitrogen and oxygen atoms in total. The van der Waals surface area contributed by atoms with Crippen molar-refractivity contribution in [3.05, 3.63) is 36.0 Å². The number of rotatable bonds is 1. The number of pyridine rings is 1. The van der Waals surface area contributed by atoms with E-state index < -0.39 is 7.12 Å². The Bertz CT molecular complexity index is 549. The molecule has 2 N–H and O–H groups in total. The van der Waals surface area contributed by atoms with Crippen LogP contribution in [-0.2, 0) is 0 Å². The van der Waals surface area contributed by atoms with Gasteiger partial charge in [-0.1, -0.05) is 0 Å². The minimum absolute atomic E-state index is 0.358. The molecule has 2 rings (SSSR count). The summed E-state index contributed by atoms with van der Waals surface area (Å²) in [7, 11) is -1.55. The molecule has 0 spiro atoms. The van der Waals surface area contributed by atoms with Gasteiger partial charge in [-0.15, -0.1) is 0 Å². The number of benzene rings is 1. The maximum absolute atomic E-state index is 9.13. The molecule has 2 aromatic rings. The van der Waals surface area contributed by atoms with E-state index in [1.165, 1.54) is 12.3 Å². The molecule has 0 saturated heterocycles. The molecule has 0 radical (unpaired) electrons. The van der Waals surface area contributed by atoms with Crippen LogP contribution in [-0.4, -0.2) is 22.2 Å². The molecular formula is C10H7BN2O2. The summed E-state index contributed by atoms with van der Waals surface area (Å²) in [4.78, 5) is 4.07. The molecule has 0 aliphatic rings. The predicted octanol–water partition coefficient (Wildman–Crippen LogP) is -0.214. The molecule has 0 aliphatic heterocycles. The molecule has 0 saturated carbocycles. The molecule has 0 aliphatic carbocycles. The Morgan fingerprint density at radius 2 is 2.07 bits per heavy atom. The molecule has 5 heteroatoms. The first-order valence-electron chi connectivity index (χ1n) is 4.37. The average molecular weight is 198 g/mol. The molecule has 72 valence electrons. The zero-order valence-corrected chi connectivity index (χ0v) is 7.75. The Labute approximate surface area is 86.6 Å². The summed E-state index contributed by atoms with van der Waals surface area (Å²) in [6, 6.07) is 8.43. The number of aromatic nitrogens is 1. The van der Waals surface area contributed by atoms with Gasteiger partial charge >= 0.3 is 7.12 Å². The van der Waals surface area contributed by atoms with Gasteiger partial charge < -0.3 is 10.0 Å². The highest BCUT2D eigenvalue weighted by Gasteiger charge is 2.14. The summed E-state index contributed by atoms with van der Waals surface area (Å²) in [6.07, 6.45) is 1.50. The van der Waals surface area contributed by atoms with Gasteiger partial charge in [0, 0.05) is 11.6 Å². The van der Waals surface area contributed by atoms with Gasteiger partial charge in [0.15, 0.2) is 0 Å². The van der Waals surface area contributed by atoms with E-state index in [4.69, 9.17) is 15.3 Å². The monoisotopic (exact) mass is 198 g/mol. The van der Waals surface area contributed by atoms with Gasteiger partial charge in [0.25, 0.3) is 0 Å². The smallest absolute Gasteiger partial charge is 0.423 e. The molecule has 0 bridgehead atoms. The van der Waals surface area contributed by atoms with E-state index >= 15 is 0 Å². The fraction of sp³-hybridized carbons (Fsp3) is 0. The third kappa shape index (κ3) is 1.68. The maximum atomic E-state index is 9.13. The van der Waals surface area contributed by atoms with Crippen LogP contribution in [0.4, 0.5) is 0 Å². The van der Waals surface area contributed by atoms with Gasteiger partial charge in [0.2, 0.25) is 0 Å². The van der Waals surface area contributed by atoms with Crippen molar-refractivity contribution in [1.82, 2.24) is 4.98 Å². The molecule has 1 heterocycles. The van der Waals surface area contributed by atoms with Crippen molar-refractivity contribution in [3.8, 4) is 6.07 Å². The average Bonchev–Trinajstić information content (AvgIpc) is 2.27. The summed E-state index contributed by atoms with van der Waals surface area (Å²) in [5, 5.41) is 27.6. The van der Waals surface area contributed by atoms with Crippen molar-refractivity contribution in [3.63, 3.8) is 0 Å². The molecule has 0 amide bonds. The SMILES string of the molecule is N#Cc1ccc2nccc(B(O)O)c2c1. The predicted molar refractivity (Wildman–Crippen MR) is 56.3 cm³/mol. The first-order valence-corrected chi connectivity index (χ1v) is 4.37. The lowest BCUT2D eigenvalue weighted by molar-refractivity contribution is 0.426. The Balaban J connectivity index is 2.77. The number of hydrogen-bond acceptors (Lipinski definition) is 4. The van der Waals surface area contributed by atoms with Gasteiger partial charge in [-0.2, -0.15) is 5.26 Å². The summed E-state index contributed by atoms with van der Waals surface area (Å²) in [5.74, 6) is 0. The van der Waals surface area contributed by atoms with Crippen molar-refractivity contribution in [1.29, 1.82) is 5.26 Å². The largest absolute Gasteiger partial charge is 0.489 e. The fourth-order valence-corrected chi connectivity index (χ4v) is 1.46. The van der Waals surface area contributed by atoms with Crippen LogP contribution in [0, 0.1) is 11.3 Å². The van der Waals surface area contributed by atoms with Crippen molar-refractivity contribution < 1.29 is 10.0 Å². The lowest BCUT2D eigenvalue weighted by Crippen LogP contribution is -2.30. The molecule has 15 heavy (non-hydrogen) atoms. The lowest BCUT2D eigenvalue weighted by Gasteiger charge is -2.04. The molecular weight excluding hydrogens is 191 g/mol. The quantitative estimate of drug-likeness (QED) is 0.621.